The third-order valence-corrected chi connectivity index (χ3v) is 7.28. The molecule has 1 atom stereocenters. The van der Waals surface area contributed by atoms with Crippen LogP contribution in [0.5, 0.6) is 11.6 Å². The van der Waals surface area contributed by atoms with E-state index in [4.69, 9.17) is 42.8 Å². The van der Waals surface area contributed by atoms with Crippen molar-refractivity contribution >= 4 is 40.3 Å². The van der Waals surface area contributed by atoms with E-state index in [9.17, 15) is 10.1 Å². The summed E-state index contributed by atoms with van der Waals surface area (Å²) in [6, 6.07) is 12.5. The molecule has 0 radical (unpaired) electrons. The van der Waals surface area contributed by atoms with Gasteiger partial charge in [-0.05, 0) is 68.1 Å². The van der Waals surface area contributed by atoms with Gasteiger partial charge < -0.3 is 19.1 Å². The first kappa shape index (κ1) is 26.7. The lowest BCUT2D eigenvalue weighted by Crippen LogP contribution is -2.13. The molecule has 11 heteroatoms. The predicted molar refractivity (Wildman–Crippen MR) is 146 cm³/mol. The molecule has 0 amide bonds. The predicted octanol–water partition coefficient (Wildman–Crippen LogP) is 6.14. The first-order chi connectivity index (χ1) is 18.7. The molecule has 1 aliphatic carbocycles. The van der Waals surface area contributed by atoms with Gasteiger partial charge in [0.2, 0.25) is 5.88 Å². The second-order valence-electron chi connectivity index (χ2n) is 9.86. The van der Waals surface area contributed by atoms with E-state index >= 15 is 0 Å². The first-order valence-corrected chi connectivity index (χ1v) is 13.2. The van der Waals surface area contributed by atoms with Crippen molar-refractivity contribution in [2.45, 2.75) is 45.3 Å². The molecule has 1 fully saturated rings. The molecule has 0 unspecified atom stereocenters. The number of carbonyl (C=O) groups is 1. The summed E-state index contributed by atoms with van der Waals surface area (Å²) in [5.41, 5.74) is 2.53. The highest BCUT2D eigenvalue weighted by Gasteiger charge is 2.41. The Morgan fingerprint density at radius 3 is 2.72 bits per heavy atom. The van der Waals surface area contributed by atoms with Crippen LogP contribution < -0.4 is 9.47 Å². The van der Waals surface area contributed by atoms with E-state index in [0.717, 1.165) is 12.8 Å². The molecule has 0 bridgehead atoms. The van der Waals surface area contributed by atoms with Gasteiger partial charge in [-0.15, -0.1) is 0 Å². The highest BCUT2D eigenvalue weighted by Crippen LogP contribution is 2.41. The Bertz CT molecular complexity index is 1610. The minimum absolute atomic E-state index is 0.239. The average molecular weight is 566 g/mol. The number of ether oxygens (including phenoxy) is 2. The van der Waals surface area contributed by atoms with Gasteiger partial charge in [-0.1, -0.05) is 30.1 Å². The van der Waals surface area contributed by atoms with Crippen LogP contribution in [0.15, 0.2) is 42.7 Å². The molecule has 5 rings (SSSR count). The minimum atomic E-state index is -0.868. The van der Waals surface area contributed by atoms with E-state index in [1.165, 1.54) is 6.33 Å². The van der Waals surface area contributed by atoms with Gasteiger partial charge >= 0.3 is 5.97 Å². The van der Waals surface area contributed by atoms with Gasteiger partial charge in [0, 0.05) is 10.6 Å². The molecule has 200 valence electrons. The van der Waals surface area contributed by atoms with Gasteiger partial charge in [0.05, 0.1) is 35.7 Å². The summed E-state index contributed by atoms with van der Waals surface area (Å²) in [5.74, 6) is 0.0228. The number of aromatic nitrogens is 4. The number of hydrogen-bond donors (Lipinski definition) is 1. The number of hydrogen-bond acceptors (Lipinski definition) is 7. The number of fused-ring (bicyclic) bond motifs is 1. The summed E-state index contributed by atoms with van der Waals surface area (Å²) in [7, 11) is 0. The van der Waals surface area contributed by atoms with Crippen LogP contribution >= 0.6 is 23.2 Å². The number of carboxylic acids is 1. The number of aliphatic carboxylic acids is 1. The Balaban J connectivity index is 1.56. The van der Waals surface area contributed by atoms with Crippen molar-refractivity contribution in [2.75, 3.05) is 6.61 Å². The van der Waals surface area contributed by atoms with Crippen molar-refractivity contribution in [3.05, 3.63) is 63.9 Å². The molecule has 9 nitrogen and oxygen atoms in total. The van der Waals surface area contributed by atoms with Crippen molar-refractivity contribution < 1.29 is 19.4 Å². The molecule has 2 aromatic carbocycles. The maximum atomic E-state index is 11.1. The average Bonchev–Trinajstić information content (AvgIpc) is 3.52. The van der Waals surface area contributed by atoms with Crippen LogP contribution in [0.4, 0.5) is 0 Å². The SMILES string of the molecule is C[C@H](CCOc1ccc(-c2nc3c(OC4(C)CC4)ncnc3n2Cc2cc(Cl)ccc2C#N)c(Cl)c1)C(=O)O. The molecule has 2 aromatic heterocycles. The molecule has 0 aliphatic heterocycles. The minimum Gasteiger partial charge on any atom is -0.494 e. The molecule has 0 saturated heterocycles. The molecule has 1 N–H and O–H groups in total. The number of imidazole rings is 1. The van der Waals surface area contributed by atoms with Gasteiger partial charge in [-0.2, -0.15) is 10.2 Å². The van der Waals surface area contributed by atoms with Crippen LogP contribution in [-0.4, -0.2) is 42.8 Å². The van der Waals surface area contributed by atoms with Crippen LogP contribution in [0.2, 0.25) is 10.0 Å². The molecule has 1 saturated carbocycles. The van der Waals surface area contributed by atoms with E-state index in [1.807, 2.05) is 11.5 Å². The molecule has 1 aliphatic rings. The number of carboxylic acid groups (broad SMARTS) is 1. The zero-order chi connectivity index (χ0) is 27.7. The van der Waals surface area contributed by atoms with Crippen LogP contribution in [-0.2, 0) is 11.3 Å². The fourth-order valence-electron chi connectivity index (χ4n) is 4.07. The fraction of sp³-hybridized carbons (Fsp3) is 0.321. The normalized spacial score (nSPS) is 14.5. The third-order valence-electron chi connectivity index (χ3n) is 6.73. The summed E-state index contributed by atoms with van der Waals surface area (Å²) in [6.07, 6.45) is 3.66. The maximum Gasteiger partial charge on any atom is 0.306 e. The lowest BCUT2D eigenvalue weighted by molar-refractivity contribution is -0.141. The Hall–Kier alpha value is -3.87. The summed E-state index contributed by atoms with van der Waals surface area (Å²) < 4.78 is 13.8. The summed E-state index contributed by atoms with van der Waals surface area (Å²) in [4.78, 5) is 24.8. The highest BCUT2D eigenvalue weighted by atomic mass is 35.5. The Kier molecular flexibility index (Phi) is 7.34. The quantitative estimate of drug-likeness (QED) is 0.243. The Morgan fingerprint density at radius 2 is 2.03 bits per heavy atom. The molecular formula is C28H25Cl2N5O4. The molecule has 39 heavy (non-hydrogen) atoms. The van der Waals surface area contributed by atoms with E-state index in [0.29, 0.717) is 61.8 Å². The smallest absolute Gasteiger partial charge is 0.306 e. The molecule has 4 aromatic rings. The fourth-order valence-corrected chi connectivity index (χ4v) is 4.52. The summed E-state index contributed by atoms with van der Waals surface area (Å²) in [6.45, 7) is 4.15. The lowest BCUT2D eigenvalue weighted by atomic mass is 10.1. The monoisotopic (exact) mass is 565 g/mol. The van der Waals surface area contributed by atoms with E-state index in [2.05, 4.69) is 16.0 Å². The largest absolute Gasteiger partial charge is 0.494 e. The number of nitriles is 1. The van der Waals surface area contributed by atoms with Gasteiger partial charge in [-0.3, -0.25) is 4.79 Å². The Labute approximate surface area is 234 Å². The van der Waals surface area contributed by atoms with E-state index in [-0.39, 0.29) is 18.8 Å². The van der Waals surface area contributed by atoms with Gasteiger partial charge in [0.15, 0.2) is 11.2 Å². The van der Waals surface area contributed by atoms with Crippen molar-refractivity contribution in [3.63, 3.8) is 0 Å². The number of benzene rings is 2. The van der Waals surface area contributed by atoms with Gasteiger partial charge in [0.1, 0.15) is 23.5 Å². The summed E-state index contributed by atoms with van der Waals surface area (Å²) >= 11 is 13.0. The van der Waals surface area contributed by atoms with Crippen molar-refractivity contribution in [1.82, 2.24) is 19.5 Å². The van der Waals surface area contributed by atoms with Crippen LogP contribution in [0.1, 0.15) is 44.2 Å². The van der Waals surface area contributed by atoms with Gasteiger partial charge in [0.25, 0.3) is 0 Å². The van der Waals surface area contributed by atoms with Crippen LogP contribution in [0.25, 0.3) is 22.6 Å². The first-order valence-electron chi connectivity index (χ1n) is 12.4. The van der Waals surface area contributed by atoms with Crippen molar-refractivity contribution in [2.24, 2.45) is 5.92 Å². The molecule has 2 heterocycles. The second kappa shape index (κ2) is 10.7. The zero-order valence-electron chi connectivity index (χ0n) is 21.3. The maximum absolute atomic E-state index is 11.1. The van der Waals surface area contributed by atoms with Crippen molar-refractivity contribution in [1.29, 1.82) is 5.26 Å². The third kappa shape index (κ3) is 5.77. The lowest BCUT2D eigenvalue weighted by Gasteiger charge is -2.13. The van der Waals surface area contributed by atoms with Gasteiger partial charge in [-0.25, -0.2) is 9.97 Å². The standard InChI is InChI=1S/C28H25Cl2N5O4/c1-16(27(36)37)7-10-38-20-5-6-21(22(30)12-20)24-34-23-25(32-15-33-26(23)39-28(2)8-9-28)35(24)14-18-11-19(29)4-3-17(18)13-31/h3-6,11-12,15-16H,7-10,14H2,1-2H3,(H,36,37)/t16-/m1/s1. The topological polar surface area (TPSA) is 123 Å². The Morgan fingerprint density at radius 1 is 1.23 bits per heavy atom. The number of nitrogens with zero attached hydrogens (tertiary/aromatic N) is 5. The highest BCUT2D eigenvalue weighted by molar-refractivity contribution is 6.33. The van der Waals surface area contributed by atoms with Crippen molar-refractivity contribution in [3.8, 4) is 29.1 Å². The summed E-state index contributed by atoms with van der Waals surface area (Å²) in [5, 5.41) is 19.7. The molecular weight excluding hydrogens is 541 g/mol. The van der Waals surface area contributed by atoms with Crippen LogP contribution in [0, 0.1) is 17.2 Å². The number of rotatable bonds is 10. The van der Waals surface area contributed by atoms with E-state index in [1.54, 1.807) is 43.3 Å². The molecule has 0 spiro atoms. The van der Waals surface area contributed by atoms with E-state index < -0.39 is 11.9 Å². The number of halogens is 2. The van der Waals surface area contributed by atoms with Crippen LogP contribution in [0.3, 0.4) is 0 Å². The second-order valence-corrected chi connectivity index (χ2v) is 10.7. The zero-order valence-corrected chi connectivity index (χ0v) is 22.8.